The van der Waals surface area contributed by atoms with Gasteiger partial charge in [-0.1, -0.05) is 11.6 Å². The first-order chi connectivity index (χ1) is 16.3. The molecule has 1 aromatic carbocycles. The second kappa shape index (κ2) is 10.4. The Labute approximate surface area is 203 Å². The first-order valence-corrected chi connectivity index (χ1v) is 12.3. The number of carbonyl (C=O) groups is 2. The Morgan fingerprint density at radius 1 is 1.21 bits per heavy atom. The molecule has 4 rings (SSSR count). The number of rotatable bonds is 6. The average Bonchev–Trinajstić information content (AvgIpc) is 2.83. The van der Waals surface area contributed by atoms with Crippen molar-refractivity contribution in [3.05, 3.63) is 34.9 Å². The van der Waals surface area contributed by atoms with Crippen LogP contribution >= 0.6 is 11.6 Å². The van der Waals surface area contributed by atoms with Gasteiger partial charge < -0.3 is 15.0 Å². The zero-order valence-electron chi connectivity index (χ0n) is 19.3. The van der Waals surface area contributed by atoms with E-state index in [1.165, 1.54) is 0 Å². The topological polar surface area (TPSA) is 71.5 Å². The molecule has 1 aliphatic carbocycles. The van der Waals surface area contributed by atoms with Crippen LogP contribution in [0.4, 0.5) is 14.6 Å². The van der Waals surface area contributed by atoms with Gasteiger partial charge in [0.2, 0.25) is 5.92 Å². The molecule has 2 heterocycles. The van der Waals surface area contributed by atoms with Crippen molar-refractivity contribution < 1.29 is 23.1 Å². The van der Waals surface area contributed by atoms with Crippen LogP contribution in [-0.4, -0.2) is 49.0 Å². The van der Waals surface area contributed by atoms with Crippen molar-refractivity contribution in [2.75, 3.05) is 31.1 Å². The molecule has 1 unspecified atom stereocenters. The second-order valence-electron chi connectivity index (χ2n) is 9.21. The van der Waals surface area contributed by atoms with Crippen LogP contribution in [0.2, 0.25) is 5.02 Å². The maximum Gasteiger partial charge on any atom is 0.310 e. The van der Waals surface area contributed by atoms with Crippen LogP contribution < -0.4 is 10.2 Å². The van der Waals surface area contributed by atoms with Gasteiger partial charge in [0.1, 0.15) is 5.82 Å². The lowest BCUT2D eigenvalue weighted by Crippen LogP contribution is -2.39. The van der Waals surface area contributed by atoms with Crippen molar-refractivity contribution in [3.8, 4) is 0 Å². The van der Waals surface area contributed by atoms with E-state index in [9.17, 15) is 18.4 Å². The van der Waals surface area contributed by atoms with Crippen LogP contribution in [0.3, 0.4) is 0 Å². The number of pyridine rings is 1. The van der Waals surface area contributed by atoms with Gasteiger partial charge in [-0.25, -0.2) is 13.8 Å². The number of aromatic nitrogens is 1. The summed E-state index contributed by atoms with van der Waals surface area (Å²) in [5.74, 6) is -2.51. The Hall–Kier alpha value is -2.48. The number of nitrogens with zero attached hydrogens (tertiary/aromatic N) is 2. The van der Waals surface area contributed by atoms with E-state index in [1.807, 2.05) is 12.1 Å². The summed E-state index contributed by atoms with van der Waals surface area (Å²) < 4.78 is 32.0. The molecule has 184 valence electrons. The minimum absolute atomic E-state index is 0.0356. The third-order valence-electron chi connectivity index (χ3n) is 6.79. The first-order valence-electron chi connectivity index (χ1n) is 11.9. The van der Waals surface area contributed by atoms with Gasteiger partial charge in [-0.2, -0.15) is 0 Å². The quantitative estimate of drug-likeness (QED) is 0.558. The highest BCUT2D eigenvalue weighted by Crippen LogP contribution is 2.36. The molecular weight excluding hydrogens is 464 g/mol. The summed E-state index contributed by atoms with van der Waals surface area (Å²) in [5.41, 5.74) is 0.963. The minimum atomic E-state index is -2.59. The Balaban J connectivity index is 1.48. The van der Waals surface area contributed by atoms with E-state index in [0.29, 0.717) is 54.0 Å². The highest BCUT2D eigenvalue weighted by molar-refractivity contribution is 6.35. The molecule has 1 saturated heterocycles. The Kier molecular flexibility index (Phi) is 7.55. The molecule has 1 saturated carbocycles. The summed E-state index contributed by atoms with van der Waals surface area (Å²) in [6.07, 6.45) is 2.17. The number of anilines is 1. The summed E-state index contributed by atoms with van der Waals surface area (Å²) >= 11 is 6.38. The fourth-order valence-corrected chi connectivity index (χ4v) is 5.09. The third-order valence-corrected chi connectivity index (χ3v) is 7.10. The Bertz CT molecular complexity index is 1060. The second-order valence-corrected chi connectivity index (χ2v) is 9.61. The van der Waals surface area contributed by atoms with Crippen molar-refractivity contribution in [2.45, 2.75) is 51.4 Å². The van der Waals surface area contributed by atoms with Crippen molar-refractivity contribution >= 4 is 40.2 Å². The Morgan fingerprint density at radius 2 is 1.97 bits per heavy atom. The number of alkyl halides is 2. The van der Waals surface area contributed by atoms with Crippen molar-refractivity contribution in [1.82, 2.24) is 10.3 Å². The number of ether oxygens (including phenoxy) is 1. The molecule has 34 heavy (non-hydrogen) atoms. The van der Waals surface area contributed by atoms with Crippen LogP contribution in [0, 0.1) is 11.8 Å². The number of hydrogen-bond donors (Lipinski definition) is 1. The molecule has 1 N–H and O–H groups in total. The molecule has 1 aliphatic heterocycles. The van der Waals surface area contributed by atoms with Gasteiger partial charge in [0.25, 0.3) is 5.91 Å². The molecule has 0 bridgehead atoms. The third kappa shape index (κ3) is 5.59. The highest BCUT2D eigenvalue weighted by atomic mass is 35.5. The maximum atomic E-state index is 13.4. The van der Waals surface area contributed by atoms with Crippen LogP contribution in [0.1, 0.15) is 55.8 Å². The number of benzene rings is 1. The molecule has 2 fully saturated rings. The summed E-state index contributed by atoms with van der Waals surface area (Å²) in [5, 5.41) is 3.82. The number of nitrogens with one attached hydrogen (secondary N) is 1. The lowest BCUT2D eigenvalue weighted by molar-refractivity contribution is -0.148. The zero-order valence-corrected chi connectivity index (χ0v) is 20.0. The predicted molar refractivity (Wildman–Crippen MR) is 128 cm³/mol. The Morgan fingerprint density at radius 3 is 2.71 bits per heavy atom. The number of fused-ring (bicyclic) bond motifs is 1. The van der Waals surface area contributed by atoms with Crippen LogP contribution in [-0.2, 0) is 9.53 Å². The van der Waals surface area contributed by atoms with Crippen LogP contribution in [0.15, 0.2) is 24.3 Å². The summed E-state index contributed by atoms with van der Waals surface area (Å²) in [7, 11) is 0. The van der Waals surface area contributed by atoms with E-state index in [1.54, 1.807) is 19.1 Å². The van der Waals surface area contributed by atoms with Gasteiger partial charge in [0, 0.05) is 37.9 Å². The average molecular weight is 494 g/mol. The van der Waals surface area contributed by atoms with Gasteiger partial charge in [0.05, 0.1) is 28.6 Å². The number of carbonyl (C=O) groups excluding carboxylic acids is 2. The van der Waals surface area contributed by atoms with E-state index in [4.69, 9.17) is 21.3 Å². The van der Waals surface area contributed by atoms with E-state index in [0.717, 1.165) is 25.2 Å². The number of halogens is 3. The molecule has 0 radical (unpaired) electrons. The molecule has 6 nitrogen and oxygen atoms in total. The predicted octanol–water partition coefficient (Wildman–Crippen LogP) is 5.22. The van der Waals surface area contributed by atoms with Gasteiger partial charge in [-0.15, -0.1) is 0 Å². The fourth-order valence-electron chi connectivity index (χ4n) is 4.84. The minimum Gasteiger partial charge on any atom is -0.466 e. The van der Waals surface area contributed by atoms with Crippen molar-refractivity contribution in [3.63, 3.8) is 0 Å². The lowest BCUT2D eigenvalue weighted by Gasteiger charge is -2.32. The number of hydrogen-bond acceptors (Lipinski definition) is 5. The lowest BCUT2D eigenvalue weighted by atomic mass is 9.87. The van der Waals surface area contributed by atoms with Crippen LogP contribution in [0.25, 0.3) is 10.9 Å². The smallest absolute Gasteiger partial charge is 0.310 e. The van der Waals surface area contributed by atoms with Gasteiger partial charge in [-0.05, 0) is 62.8 Å². The molecular formula is C25H30ClF2N3O3. The summed E-state index contributed by atoms with van der Waals surface area (Å²) in [6, 6.07) is 7.09. The standard InChI is InChI=1S/C25H30ClF2N3O3/c1-2-34-24(33)17-4-3-13-31(15-17)21-8-5-18-20(30-21)7-6-19(26)22(18)23(32)29-14-16-9-11-25(27,28)12-10-16/h5-8,16-17H,2-4,9-15H2,1H3,(H,29,32). The van der Waals surface area contributed by atoms with E-state index in [-0.39, 0.29) is 36.6 Å². The maximum absolute atomic E-state index is 13.4. The van der Waals surface area contributed by atoms with Gasteiger partial charge in [-0.3, -0.25) is 9.59 Å². The van der Waals surface area contributed by atoms with Gasteiger partial charge >= 0.3 is 5.97 Å². The normalized spacial score (nSPS) is 20.8. The van der Waals surface area contributed by atoms with E-state index in [2.05, 4.69) is 10.2 Å². The van der Waals surface area contributed by atoms with Gasteiger partial charge in [0.15, 0.2) is 0 Å². The first kappa shape index (κ1) is 24.6. The van der Waals surface area contributed by atoms with E-state index < -0.39 is 5.92 Å². The molecule has 1 amide bonds. The fraction of sp³-hybridized carbons (Fsp3) is 0.560. The van der Waals surface area contributed by atoms with Crippen LogP contribution in [0.5, 0.6) is 0 Å². The number of amides is 1. The van der Waals surface area contributed by atoms with Crippen molar-refractivity contribution in [2.24, 2.45) is 11.8 Å². The SMILES string of the molecule is CCOC(=O)C1CCCN(c2ccc3c(C(=O)NCC4CCC(F)(F)CC4)c(Cl)ccc3n2)C1. The largest absolute Gasteiger partial charge is 0.466 e. The highest BCUT2D eigenvalue weighted by Gasteiger charge is 2.35. The molecule has 1 aromatic heterocycles. The molecule has 2 aliphatic rings. The number of piperidine rings is 1. The molecule has 0 spiro atoms. The van der Waals surface area contributed by atoms with E-state index >= 15 is 0 Å². The number of esters is 1. The zero-order chi connectivity index (χ0) is 24.3. The monoisotopic (exact) mass is 493 g/mol. The molecule has 1 atom stereocenters. The summed E-state index contributed by atoms with van der Waals surface area (Å²) in [4.78, 5) is 32.0. The summed E-state index contributed by atoms with van der Waals surface area (Å²) in [6.45, 7) is 3.84. The molecule has 9 heteroatoms. The van der Waals surface area contributed by atoms with Crippen molar-refractivity contribution in [1.29, 1.82) is 0 Å². The molecule has 2 aromatic rings.